The fraction of sp³-hybridized carbons (Fsp3) is 0.833. The molecule has 1 saturated heterocycles. The van der Waals surface area contributed by atoms with E-state index in [1.54, 1.807) is 4.90 Å². The van der Waals surface area contributed by atoms with Crippen LogP contribution in [0.5, 0.6) is 0 Å². The summed E-state index contributed by atoms with van der Waals surface area (Å²) in [4.78, 5) is 25.2. The van der Waals surface area contributed by atoms with Crippen molar-refractivity contribution in [3.63, 3.8) is 0 Å². The van der Waals surface area contributed by atoms with Crippen LogP contribution >= 0.6 is 0 Å². The fourth-order valence-corrected chi connectivity index (χ4v) is 2.17. The molecular formula is C12H22N2O3. The van der Waals surface area contributed by atoms with Gasteiger partial charge >= 0.3 is 5.97 Å². The smallest absolute Gasteiger partial charge is 0.328 e. The third-order valence-electron chi connectivity index (χ3n) is 3.20. The number of carbonyl (C=O) groups is 2. The molecule has 2 N–H and O–H groups in total. The van der Waals surface area contributed by atoms with Crippen molar-refractivity contribution < 1.29 is 14.3 Å². The molecule has 1 fully saturated rings. The van der Waals surface area contributed by atoms with E-state index < -0.39 is 12.1 Å². The van der Waals surface area contributed by atoms with E-state index in [4.69, 9.17) is 10.5 Å². The maximum Gasteiger partial charge on any atom is 0.328 e. The number of likely N-dealkylation sites (tertiary alicyclic amines) is 1. The highest BCUT2D eigenvalue weighted by molar-refractivity contribution is 5.88. The molecule has 1 amide bonds. The van der Waals surface area contributed by atoms with Crippen molar-refractivity contribution in [2.45, 2.75) is 51.1 Å². The second-order valence-electron chi connectivity index (χ2n) is 4.46. The molecule has 0 saturated carbocycles. The third-order valence-corrected chi connectivity index (χ3v) is 3.20. The SMILES string of the molecule is CCCCC(N)C(=O)N1CCCC1C(=O)OC. The van der Waals surface area contributed by atoms with Crippen LogP contribution < -0.4 is 5.73 Å². The first-order valence-electron chi connectivity index (χ1n) is 6.25. The van der Waals surface area contributed by atoms with Crippen molar-refractivity contribution in [3.8, 4) is 0 Å². The first kappa shape index (κ1) is 14.0. The number of unbranched alkanes of at least 4 members (excludes halogenated alkanes) is 1. The van der Waals surface area contributed by atoms with E-state index in [9.17, 15) is 9.59 Å². The number of rotatable bonds is 5. The summed E-state index contributed by atoms with van der Waals surface area (Å²) in [7, 11) is 1.35. The van der Waals surface area contributed by atoms with Gasteiger partial charge in [-0.05, 0) is 19.3 Å². The second-order valence-corrected chi connectivity index (χ2v) is 4.46. The van der Waals surface area contributed by atoms with E-state index in [1.165, 1.54) is 7.11 Å². The van der Waals surface area contributed by atoms with Gasteiger partial charge in [0.2, 0.25) is 5.91 Å². The lowest BCUT2D eigenvalue weighted by molar-refractivity contribution is -0.151. The summed E-state index contributed by atoms with van der Waals surface area (Å²) in [5, 5.41) is 0. The highest BCUT2D eigenvalue weighted by Gasteiger charge is 2.36. The number of hydrogen-bond acceptors (Lipinski definition) is 4. The van der Waals surface area contributed by atoms with Gasteiger partial charge in [-0.3, -0.25) is 4.79 Å². The average molecular weight is 242 g/mol. The summed E-state index contributed by atoms with van der Waals surface area (Å²) in [6.45, 7) is 2.67. The molecule has 5 heteroatoms. The Labute approximate surface area is 102 Å². The largest absolute Gasteiger partial charge is 0.467 e. The van der Waals surface area contributed by atoms with Gasteiger partial charge in [-0.1, -0.05) is 19.8 Å². The molecule has 0 spiro atoms. The molecule has 1 heterocycles. The molecule has 2 unspecified atom stereocenters. The summed E-state index contributed by atoms with van der Waals surface area (Å²) < 4.78 is 4.70. The van der Waals surface area contributed by atoms with Crippen LogP contribution in [0, 0.1) is 0 Å². The lowest BCUT2D eigenvalue weighted by Gasteiger charge is -2.25. The van der Waals surface area contributed by atoms with Gasteiger partial charge in [-0.25, -0.2) is 4.79 Å². The van der Waals surface area contributed by atoms with E-state index in [2.05, 4.69) is 6.92 Å². The van der Waals surface area contributed by atoms with Gasteiger partial charge in [0.05, 0.1) is 13.2 Å². The van der Waals surface area contributed by atoms with Crippen LogP contribution in [0.4, 0.5) is 0 Å². The first-order valence-corrected chi connectivity index (χ1v) is 6.25. The van der Waals surface area contributed by atoms with Gasteiger partial charge in [-0.15, -0.1) is 0 Å². The number of hydrogen-bond donors (Lipinski definition) is 1. The number of nitrogens with two attached hydrogens (primary N) is 1. The van der Waals surface area contributed by atoms with Crippen LogP contribution in [0.1, 0.15) is 39.0 Å². The molecule has 1 rings (SSSR count). The van der Waals surface area contributed by atoms with Crippen LogP contribution in [0.3, 0.4) is 0 Å². The second kappa shape index (κ2) is 6.59. The molecular weight excluding hydrogens is 220 g/mol. The molecule has 98 valence electrons. The number of carbonyl (C=O) groups excluding carboxylic acids is 2. The highest BCUT2D eigenvalue weighted by atomic mass is 16.5. The predicted octanol–water partition coefficient (Wildman–Crippen LogP) is 0.668. The molecule has 0 aromatic heterocycles. The summed E-state index contributed by atoms with van der Waals surface area (Å²) in [5.41, 5.74) is 5.84. The Kier molecular flexibility index (Phi) is 5.41. The summed E-state index contributed by atoms with van der Waals surface area (Å²) in [6, 6.07) is -0.916. The van der Waals surface area contributed by atoms with E-state index in [0.29, 0.717) is 19.4 Å². The number of ether oxygens (including phenoxy) is 1. The Morgan fingerprint density at radius 3 is 2.82 bits per heavy atom. The Balaban J connectivity index is 2.58. The van der Waals surface area contributed by atoms with Gasteiger partial charge in [-0.2, -0.15) is 0 Å². The molecule has 5 nitrogen and oxygen atoms in total. The van der Waals surface area contributed by atoms with Crippen LogP contribution in [0.15, 0.2) is 0 Å². The van der Waals surface area contributed by atoms with Gasteiger partial charge in [0.15, 0.2) is 0 Å². The number of nitrogens with zero attached hydrogens (tertiary/aromatic N) is 1. The minimum Gasteiger partial charge on any atom is -0.467 e. The predicted molar refractivity (Wildman–Crippen MR) is 64.3 cm³/mol. The first-order chi connectivity index (χ1) is 8.11. The zero-order valence-electron chi connectivity index (χ0n) is 10.6. The molecule has 2 atom stereocenters. The Morgan fingerprint density at radius 2 is 2.24 bits per heavy atom. The monoisotopic (exact) mass is 242 g/mol. The van der Waals surface area contributed by atoms with Crippen LogP contribution in [-0.4, -0.2) is 42.5 Å². The molecule has 1 aliphatic heterocycles. The Morgan fingerprint density at radius 1 is 1.53 bits per heavy atom. The number of amides is 1. The topological polar surface area (TPSA) is 72.6 Å². The molecule has 0 bridgehead atoms. The standard InChI is InChI=1S/C12H22N2O3/c1-3-4-6-9(13)11(15)14-8-5-7-10(14)12(16)17-2/h9-10H,3-8,13H2,1-2H3. The molecule has 0 aromatic rings. The van der Waals surface area contributed by atoms with Crippen molar-refractivity contribution in [2.75, 3.05) is 13.7 Å². The van der Waals surface area contributed by atoms with Crippen LogP contribution in [0.25, 0.3) is 0 Å². The zero-order valence-corrected chi connectivity index (χ0v) is 10.6. The fourth-order valence-electron chi connectivity index (χ4n) is 2.17. The van der Waals surface area contributed by atoms with Crippen molar-refractivity contribution in [3.05, 3.63) is 0 Å². The van der Waals surface area contributed by atoms with Crippen molar-refractivity contribution in [1.29, 1.82) is 0 Å². The molecule has 0 aromatic carbocycles. The van der Waals surface area contributed by atoms with E-state index in [0.717, 1.165) is 19.3 Å². The summed E-state index contributed by atoms with van der Waals surface area (Å²) in [5.74, 6) is -0.454. The van der Waals surface area contributed by atoms with Crippen molar-refractivity contribution in [2.24, 2.45) is 5.73 Å². The quantitative estimate of drug-likeness (QED) is 0.719. The molecule has 0 aliphatic carbocycles. The van der Waals surface area contributed by atoms with E-state index >= 15 is 0 Å². The molecule has 17 heavy (non-hydrogen) atoms. The third kappa shape index (κ3) is 3.43. The normalized spacial score (nSPS) is 21.4. The van der Waals surface area contributed by atoms with E-state index in [1.807, 2.05) is 0 Å². The summed E-state index contributed by atoms with van der Waals surface area (Å²) in [6.07, 6.45) is 4.15. The van der Waals surface area contributed by atoms with Gasteiger partial charge in [0, 0.05) is 6.54 Å². The minimum absolute atomic E-state index is 0.119. The number of esters is 1. The zero-order chi connectivity index (χ0) is 12.8. The average Bonchev–Trinajstić information content (AvgIpc) is 2.82. The Hall–Kier alpha value is -1.10. The van der Waals surface area contributed by atoms with Crippen molar-refractivity contribution in [1.82, 2.24) is 4.90 Å². The molecule has 0 radical (unpaired) electrons. The molecule has 1 aliphatic rings. The maximum absolute atomic E-state index is 12.1. The number of methoxy groups -OCH3 is 1. The maximum atomic E-state index is 12.1. The minimum atomic E-state index is -0.486. The lowest BCUT2D eigenvalue weighted by atomic mass is 10.1. The van der Waals surface area contributed by atoms with Crippen LogP contribution in [0.2, 0.25) is 0 Å². The summed E-state index contributed by atoms with van der Waals surface area (Å²) >= 11 is 0. The highest BCUT2D eigenvalue weighted by Crippen LogP contribution is 2.19. The van der Waals surface area contributed by atoms with E-state index in [-0.39, 0.29) is 11.9 Å². The van der Waals surface area contributed by atoms with Gasteiger partial charge < -0.3 is 15.4 Å². The van der Waals surface area contributed by atoms with Gasteiger partial charge in [0.1, 0.15) is 6.04 Å². The van der Waals surface area contributed by atoms with Crippen molar-refractivity contribution >= 4 is 11.9 Å². The van der Waals surface area contributed by atoms with Gasteiger partial charge in [0.25, 0.3) is 0 Å². The van der Waals surface area contributed by atoms with Crippen LogP contribution in [-0.2, 0) is 14.3 Å². The Bertz CT molecular complexity index is 281. The lowest BCUT2D eigenvalue weighted by Crippen LogP contribution is -2.48.